The minimum atomic E-state index is -0.796. The van der Waals surface area contributed by atoms with E-state index in [-0.39, 0.29) is 17.9 Å². The van der Waals surface area contributed by atoms with Crippen LogP contribution in [0.4, 0.5) is 4.39 Å². The van der Waals surface area contributed by atoms with Gasteiger partial charge in [0.05, 0.1) is 11.6 Å². The fourth-order valence-corrected chi connectivity index (χ4v) is 3.07. The van der Waals surface area contributed by atoms with Gasteiger partial charge < -0.3 is 10.0 Å². The maximum Gasteiger partial charge on any atom is 0.295 e. The van der Waals surface area contributed by atoms with Gasteiger partial charge in [-0.05, 0) is 24.6 Å². The number of aryl methyl sites for hydroxylation is 1. The second kappa shape index (κ2) is 6.96. The van der Waals surface area contributed by atoms with Crippen LogP contribution in [-0.2, 0) is 9.59 Å². The minimum Gasteiger partial charge on any atom is -0.507 e. The first-order valence-corrected chi connectivity index (χ1v) is 8.16. The molecule has 1 fully saturated rings. The highest BCUT2D eigenvalue weighted by atomic mass is 19.1. The third kappa shape index (κ3) is 3.04. The number of benzene rings is 2. The van der Waals surface area contributed by atoms with E-state index in [4.69, 9.17) is 0 Å². The summed E-state index contributed by atoms with van der Waals surface area (Å²) in [5.41, 5.74) is 1.98. The molecule has 3 rings (SSSR count). The van der Waals surface area contributed by atoms with Crippen LogP contribution in [0.3, 0.4) is 0 Å². The second-order valence-corrected chi connectivity index (χ2v) is 6.16. The molecule has 1 atom stereocenters. The van der Waals surface area contributed by atoms with E-state index < -0.39 is 23.5 Å². The molecule has 1 saturated heterocycles. The molecule has 4 nitrogen and oxygen atoms in total. The number of carbonyl (C=O) groups is 2. The zero-order chi connectivity index (χ0) is 18.8. The number of Topliss-reactive ketones (excluding diaryl/α,β-unsaturated/α-hetero) is 1. The van der Waals surface area contributed by atoms with Gasteiger partial charge in [-0.2, -0.15) is 0 Å². The molecule has 132 valence electrons. The quantitative estimate of drug-likeness (QED) is 0.395. The molecule has 5 heteroatoms. The van der Waals surface area contributed by atoms with Crippen molar-refractivity contribution < 1.29 is 19.1 Å². The number of halogens is 1. The molecule has 1 aliphatic heterocycles. The highest BCUT2D eigenvalue weighted by Crippen LogP contribution is 2.39. The minimum absolute atomic E-state index is 0.00712. The van der Waals surface area contributed by atoms with Gasteiger partial charge in [-0.1, -0.05) is 48.0 Å². The Balaban J connectivity index is 2.18. The number of likely N-dealkylation sites (tertiary alicyclic amines) is 1. The first kappa shape index (κ1) is 17.6. The lowest BCUT2D eigenvalue weighted by Gasteiger charge is -2.24. The van der Waals surface area contributed by atoms with Gasteiger partial charge in [0.1, 0.15) is 11.6 Å². The first-order valence-electron chi connectivity index (χ1n) is 8.16. The smallest absolute Gasteiger partial charge is 0.295 e. The van der Waals surface area contributed by atoms with E-state index in [1.165, 1.54) is 35.2 Å². The summed E-state index contributed by atoms with van der Waals surface area (Å²) in [4.78, 5) is 26.4. The number of amides is 1. The van der Waals surface area contributed by atoms with Crippen LogP contribution in [0.1, 0.15) is 22.7 Å². The van der Waals surface area contributed by atoms with Crippen molar-refractivity contribution in [2.24, 2.45) is 0 Å². The monoisotopic (exact) mass is 351 g/mol. The summed E-state index contributed by atoms with van der Waals surface area (Å²) in [7, 11) is 0. The van der Waals surface area contributed by atoms with E-state index in [1.807, 2.05) is 19.1 Å². The summed E-state index contributed by atoms with van der Waals surface area (Å²) in [5, 5.41) is 10.8. The third-order valence-corrected chi connectivity index (χ3v) is 4.38. The number of aliphatic hydroxyl groups is 1. The van der Waals surface area contributed by atoms with E-state index in [0.717, 1.165) is 5.56 Å². The number of rotatable bonds is 4. The van der Waals surface area contributed by atoms with Gasteiger partial charge in [-0.15, -0.1) is 6.58 Å². The van der Waals surface area contributed by atoms with Crippen LogP contribution in [-0.4, -0.2) is 28.2 Å². The molecule has 1 N–H and O–H groups in total. The Labute approximate surface area is 150 Å². The lowest BCUT2D eigenvalue weighted by molar-refractivity contribution is -0.139. The van der Waals surface area contributed by atoms with Gasteiger partial charge in [0.15, 0.2) is 0 Å². The number of hydrogen-bond acceptors (Lipinski definition) is 3. The summed E-state index contributed by atoms with van der Waals surface area (Å²) < 4.78 is 13.3. The van der Waals surface area contributed by atoms with Crippen LogP contribution in [0.5, 0.6) is 0 Å². The Hall–Kier alpha value is -3.21. The number of nitrogens with zero attached hydrogens (tertiary/aromatic N) is 1. The van der Waals surface area contributed by atoms with E-state index in [1.54, 1.807) is 12.1 Å². The third-order valence-electron chi connectivity index (χ3n) is 4.38. The summed E-state index contributed by atoms with van der Waals surface area (Å²) in [6.07, 6.45) is 1.51. The topological polar surface area (TPSA) is 57.6 Å². The predicted molar refractivity (Wildman–Crippen MR) is 96.8 cm³/mol. The molecule has 0 spiro atoms. The summed E-state index contributed by atoms with van der Waals surface area (Å²) in [6.45, 7) is 5.66. The molecule has 1 aliphatic rings. The van der Waals surface area contributed by atoms with Crippen LogP contribution < -0.4 is 0 Å². The number of aliphatic hydroxyl groups excluding tert-OH is 1. The molecule has 2 aromatic rings. The van der Waals surface area contributed by atoms with Crippen molar-refractivity contribution in [2.45, 2.75) is 13.0 Å². The van der Waals surface area contributed by atoms with Crippen LogP contribution in [0.15, 0.2) is 66.8 Å². The number of hydrogen-bond donors (Lipinski definition) is 1. The Kier molecular flexibility index (Phi) is 4.71. The second-order valence-electron chi connectivity index (χ2n) is 6.16. The average Bonchev–Trinajstić information content (AvgIpc) is 2.88. The Morgan fingerprint density at radius 2 is 1.77 bits per heavy atom. The maximum absolute atomic E-state index is 13.3. The standard InChI is InChI=1S/C21H18FNO3/c1-3-12-23-18(14-8-10-16(22)11-9-14)17(20(25)21(23)26)19(24)15-6-4-13(2)5-7-15/h3-11,18,24H,1,12H2,2H3/b19-17+. The molecule has 2 aromatic carbocycles. The van der Waals surface area contributed by atoms with Crippen molar-refractivity contribution in [3.8, 4) is 0 Å². The zero-order valence-corrected chi connectivity index (χ0v) is 14.3. The van der Waals surface area contributed by atoms with Crippen molar-refractivity contribution in [3.63, 3.8) is 0 Å². The number of ketones is 1. The van der Waals surface area contributed by atoms with Crippen LogP contribution in [0, 0.1) is 12.7 Å². The van der Waals surface area contributed by atoms with Crippen molar-refractivity contribution in [1.82, 2.24) is 4.90 Å². The van der Waals surface area contributed by atoms with Gasteiger partial charge in [-0.25, -0.2) is 4.39 Å². The number of carbonyl (C=O) groups excluding carboxylic acids is 2. The highest BCUT2D eigenvalue weighted by molar-refractivity contribution is 6.46. The van der Waals surface area contributed by atoms with Gasteiger partial charge >= 0.3 is 0 Å². The lowest BCUT2D eigenvalue weighted by atomic mass is 9.95. The van der Waals surface area contributed by atoms with Crippen molar-refractivity contribution in [3.05, 3.63) is 89.3 Å². The molecule has 0 aliphatic carbocycles. The summed E-state index contributed by atoms with van der Waals surface area (Å²) >= 11 is 0. The van der Waals surface area contributed by atoms with Crippen LogP contribution in [0.2, 0.25) is 0 Å². The summed E-state index contributed by atoms with van der Waals surface area (Å²) in [5.74, 6) is -2.15. The average molecular weight is 351 g/mol. The van der Waals surface area contributed by atoms with E-state index in [2.05, 4.69) is 6.58 Å². The van der Waals surface area contributed by atoms with Gasteiger partial charge in [-0.3, -0.25) is 9.59 Å². The molecule has 1 amide bonds. The SMILES string of the molecule is C=CCN1C(=O)C(=O)/C(=C(/O)c2ccc(C)cc2)C1c1ccc(F)cc1. The van der Waals surface area contributed by atoms with E-state index >= 15 is 0 Å². The van der Waals surface area contributed by atoms with Gasteiger partial charge in [0.2, 0.25) is 0 Å². The van der Waals surface area contributed by atoms with Gasteiger partial charge in [0, 0.05) is 12.1 Å². The van der Waals surface area contributed by atoms with Crippen LogP contribution >= 0.6 is 0 Å². The van der Waals surface area contributed by atoms with Crippen LogP contribution in [0.25, 0.3) is 5.76 Å². The van der Waals surface area contributed by atoms with E-state index in [9.17, 15) is 19.1 Å². The Morgan fingerprint density at radius 1 is 1.15 bits per heavy atom. The fraction of sp³-hybridized carbons (Fsp3) is 0.143. The molecule has 0 radical (unpaired) electrons. The van der Waals surface area contributed by atoms with Crippen molar-refractivity contribution >= 4 is 17.4 Å². The largest absolute Gasteiger partial charge is 0.507 e. The van der Waals surface area contributed by atoms with Crippen molar-refractivity contribution in [1.29, 1.82) is 0 Å². The van der Waals surface area contributed by atoms with Crippen molar-refractivity contribution in [2.75, 3.05) is 6.54 Å². The Morgan fingerprint density at radius 3 is 2.35 bits per heavy atom. The molecule has 26 heavy (non-hydrogen) atoms. The van der Waals surface area contributed by atoms with E-state index in [0.29, 0.717) is 11.1 Å². The molecule has 1 heterocycles. The molecule has 0 saturated carbocycles. The van der Waals surface area contributed by atoms with Gasteiger partial charge in [0.25, 0.3) is 11.7 Å². The summed E-state index contributed by atoms with van der Waals surface area (Å²) in [6, 6.07) is 11.7. The fourth-order valence-electron chi connectivity index (χ4n) is 3.07. The zero-order valence-electron chi connectivity index (χ0n) is 14.3. The highest BCUT2D eigenvalue weighted by Gasteiger charge is 2.45. The molecule has 1 unspecified atom stereocenters. The molecular formula is C21H18FNO3. The Bertz CT molecular complexity index is 898. The predicted octanol–water partition coefficient (Wildman–Crippen LogP) is 3.74. The molecule has 0 bridgehead atoms. The lowest BCUT2D eigenvalue weighted by Crippen LogP contribution is -2.29. The first-order chi connectivity index (χ1) is 12.4. The molecule has 0 aromatic heterocycles. The normalized spacial score (nSPS) is 19.0. The molecular weight excluding hydrogens is 333 g/mol. The maximum atomic E-state index is 13.3.